The standard InChI is InChI=1S/C30H39N5O5/c1-21-28(37)31-14-7-17-40-26-9-4-3-8-24(26)29(38)34-25(18-27(36)33-21)30(39)32-19-22-10-12-23(13-11-22)20-35-15-5-2-6-16-35/h3-4,8-13,21,25H,2,5-7,14-20H2,1H3,(H,31,37)(H,32,39)(H,33,36)(H,34,38)/t21-,25-/m0/s1. The fraction of sp³-hybridized carbons (Fsp3) is 0.467. The van der Waals surface area contributed by atoms with Gasteiger partial charge in [-0.15, -0.1) is 0 Å². The fourth-order valence-electron chi connectivity index (χ4n) is 4.85. The van der Waals surface area contributed by atoms with Gasteiger partial charge in [-0.25, -0.2) is 0 Å². The van der Waals surface area contributed by atoms with Gasteiger partial charge in [0.05, 0.1) is 18.6 Å². The van der Waals surface area contributed by atoms with Crippen molar-refractivity contribution in [2.45, 2.75) is 64.2 Å². The molecule has 4 amide bonds. The molecule has 0 bridgehead atoms. The molecule has 2 aromatic rings. The Bertz CT molecular complexity index is 1180. The van der Waals surface area contributed by atoms with Gasteiger partial charge in [-0.05, 0) is 62.5 Å². The summed E-state index contributed by atoms with van der Waals surface area (Å²) in [7, 11) is 0. The second-order valence-corrected chi connectivity index (χ2v) is 10.4. The third-order valence-electron chi connectivity index (χ3n) is 7.14. The molecule has 2 aliphatic heterocycles. The van der Waals surface area contributed by atoms with Crippen LogP contribution >= 0.6 is 0 Å². The van der Waals surface area contributed by atoms with Gasteiger partial charge in [0.15, 0.2) is 0 Å². The van der Waals surface area contributed by atoms with Gasteiger partial charge in [-0.1, -0.05) is 42.8 Å². The molecule has 10 nitrogen and oxygen atoms in total. The van der Waals surface area contributed by atoms with Crippen molar-refractivity contribution >= 4 is 23.6 Å². The molecular formula is C30H39N5O5. The smallest absolute Gasteiger partial charge is 0.255 e. The first-order chi connectivity index (χ1) is 19.4. The zero-order valence-corrected chi connectivity index (χ0v) is 23.0. The third-order valence-corrected chi connectivity index (χ3v) is 7.14. The van der Waals surface area contributed by atoms with Crippen LogP contribution in [0.15, 0.2) is 48.5 Å². The molecule has 0 unspecified atom stereocenters. The van der Waals surface area contributed by atoms with E-state index in [4.69, 9.17) is 4.74 Å². The highest BCUT2D eigenvalue weighted by atomic mass is 16.5. The zero-order valence-electron chi connectivity index (χ0n) is 23.0. The number of nitrogens with one attached hydrogen (secondary N) is 4. The normalized spacial score (nSPS) is 21.4. The summed E-state index contributed by atoms with van der Waals surface area (Å²) in [6, 6.07) is 12.9. The van der Waals surface area contributed by atoms with Crippen molar-refractivity contribution in [2.75, 3.05) is 26.2 Å². The summed E-state index contributed by atoms with van der Waals surface area (Å²) in [5.41, 5.74) is 2.40. The van der Waals surface area contributed by atoms with E-state index in [9.17, 15) is 19.2 Å². The summed E-state index contributed by atoms with van der Waals surface area (Å²) in [6.45, 7) is 5.62. The predicted octanol–water partition coefficient (Wildman–Crippen LogP) is 1.88. The molecular weight excluding hydrogens is 510 g/mol. The Morgan fingerprint density at radius 2 is 1.68 bits per heavy atom. The van der Waals surface area contributed by atoms with Crippen LogP contribution in [0.25, 0.3) is 0 Å². The molecule has 1 saturated heterocycles. The first kappa shape index (κ1) is 29.1. The SMILES string of the molecule is C[C@@H]1NC(=O)C[C@@H](C(=O)NCc2ccc(CN3CCCCC3)cc2)NC(=O)c2ccccc2OCCCNC1=O. The largest absolute Gasteiger partial charge is 0.493 e. The molecule has 0 radical (unpaired) electrons. The lowest BCUT2D eigenvalue weighted by Gasteiger charge is -2.26. The number of para-hydroxylation sites is 1. The molecule has 0 spiro atoms. The number of ether oxygens (including phenoxy) is 1. The number of piperidine rings is 1. The van der Waals surface area contributed by atoms with Crippen LogP contribution < -0.4 is 26.0 Å². The second-order valence-electron chi connectivity index (χ2n) is 10.4. The van der Waals surface area contributed by atoms with Crippen molar-refractivity contribution in [3.05, 3.63) is 65.2 Å². The summed E-state index contributed by atoms with van der Waals surface area (Å²) < 4.78 is 5.78. The van der Waals surface area contributed by atoms with E-state index in [1.807, 2.05) is 12.1 Å². The lowest BCUT2D eigenvalue weighted by Crippen LogP contribution is -2.51. The lowest BCUT2D eigenvalue weighted by molar-refractivity contribution is -0.130. The molecule has 0 aliphatic carbocycles. The van der Waals surface area contributed by atoms with Crippen molar-refractivity contribution in [3.8, 4) is 5.75 Å². The molecule has 40 heavy (non-hydrogen) atoms. The minimum atomic E-state index is -1.15. The molecule has 10 heteroatoms. The Labute approximate surface area is 235 Å². The summed E-state index contributed by atoms with van der Waals surface area (Å²) in [5.74, 6) is -1.52. The Hall–Kier alpha value is -3.92. The van der Waals surface area contributed by atoms with E-state index in [1.165, 1.54) is 24.8 Å². The average molecular weight is 550 g/mol. The molecule has 4 rings (SSSR count). The van der Waals surface area contributed by atoms with E-state index in [-0.39, 0.29) is 31.0 Å². The van der Waals surface area contributed by atoms with Gasteiger partial charge >= 0.3 is 0 Å². The Morgan fingerprint density at radius 3 is 2.45 bits per heavy atom. The first-order valence-corrected chi connectivity index (χ1v) is 14.1. The minimum Gasteiger partial charge on any atom is -0.493 e. The van der Waals surface area contributed by atoms with E-state index in [2.05, 4.69) is 38.3 Å². The van der Waals surface area contributed by atoms with Crippen molar-refractivity contribution in [2.24, 2.45) is 0 Å². The predicted molar refractivity (Wildman–Crippen MR) is 150 cm³/mol. The number of amides is 4. The van der Waals surface area contributed by atoms with E-state index in [0.29, 0.717) is 18.7 Å². The van der Waals surface area contributed by atoms with Crippen LogP contribution in [-0.2, 0) is 27.5 Å². The van der Waals surface area contributed by atoms with E-state index in [0.717, 1.165) is 25.2 Å². The number of carbonyl (C=O) groups is 4. The van der Waals surface area contributed by atoms with Gasteiger partial charge in [-0.3, -0.25) is 24.1 Å². The molecule has 0 aromatic heterocycles. The number of likely N-dealkylation sites (tertiary alicyclic amines) is 1. The van der Waals surface area contributed by atoms with Crippen molar-refractivity contribution in [3.63, 3.8) is 0 Å². The van der Waals surface area contributed by atoms with Gasteiger partial charge in [0, 0.05) is 19.6 Å². The number of benzene rings is 2. The van der Waals surface area contributed by atoms with Crippen LogP contribution in [0, 0.1) is 0 Å². The topological polar surface area (TPSA) is 129 Å². The highest BCUT2D eigenvalue weighted by molar-refractivity contribution is 6.01. The van der Waals surface area contributed by atoms with Crippen LogP contribution in [0.4, 0.5) is 0 Å². The van der Waals surface area contributed by atoms with Gasteiger partial charge in [0.2, 0.25) is 17.7 Å². The summed E-state index contributed by atoms with van der Waals surface area (Å²) in [5, 5.41) is 10.9. The van der Waals surface area contributed by atoms with Crippen LogP contribution in [0.2, 0.25) is 0 Å². The molecule has 2 heterocycles. The Morgan fingerprint density at radius 1 is 0.950 bits per heavy atom. The van der Waals surface area contributed by atoms with Crippen molar-refractivity contribution in [1.82, 2.24) is 26.2 Å². The summed E-state index contributed by atoms with van der Waals surface area (Å²) >= 11 is 0. The number of carbonyl (C=O) groups excluding carboxylic acids is 4. The third kappa shape index (κ3) is 8.54. The highest BCUT2D eigenvalue weighted by Gasteiger charge is 2.27. The molecule has 1 fully saturated rings. The zero-order chi connectivity index (χ0) is 28.3. The Kier molecular flexibility index (Phi) is 10.5. The molecule has 4 N–H and O–H groups in total. The number of fused-ring (bicyclic) bond motifs is 1. The number of rotatable bonds is 5. The summed E-state index contributed by atoms with van der Waals surface area (Å²) in [6.07, 6.45) is 3.97. The fourth-order valence-corrected chi connectivity index (χ4v) is 4.85. The quantitative estimate of drug-likeness (QED) is 0.451. The van der Waals surface area contributed by atoms with Gasteiger partial charge in [-0.2, -0.15) is 0 Å². The highest BCUT2D eigenvalue weighted by Crippen LogP contribution is 2.19. The molecule has 2 atom stereocenters. The molecule has 0 saturated carbocycles. The van der Waals surface area contributed by atoms with Crippen LogP contribution in [-0.4, -0.2) is 66.9 Å². The maximum Gasteiger partial charge on any atom is 0.255 e. The minimum absolute atomic E-state index is 0.245. The number of nitrogens with zero attached hydrogens (tertiary/aromatic N) is 1. The monoisotopic (exact) mass is 549 g/mol. The maximum absolute atomic E-state index is 13.2. The van der Waals surface area contributed by atoms with Crippen LogP contribution in [0.5, 0.6) is 5.75 Å². The van der Waals surface area contributed by atoms with E-state index >= 15 is 0 Å². The van der Waals surface area contributed by atoms with E-state index in [1.54, 1.807) is 31.2 Å². The van der Waals surface area contributed by atoms with E-state index < -0.39 is 29.8 Å². The molecule has 2 aliphatic rings. The van der Waals surface area contributed by atoms with Crippen LogP contribution in [0.3, 0.4) is 0 Å². The van der Waals surface area contributed by atoms with Gasteiger partial charge < -0.3 is 26.0 Å². The first-order valence-electron chi connectivity index (χ1n) is 14.1. The van der Waals surface area contributed by atoms with Crippen molar-refractivity contribution in [1.29, 1.82) is 0 Å². The number of hydrogen-bond acceptors (Lipinski definition) is 6. The Balaban J connectivity index is 1.43. The number of hydrogen-bond donors (Lipinski definition) is 4. The van der Waals surface area contributed by atoms with Gasteiger partial charge in [0.25, 0.3) is 5.91 Å². The molecule has 214 valence electrons. The van der Waals surface area contributed by atoms with Crippen molar-refractivity contribution < 1.29 is 23.9 Å². The van der Waals surface area contributed by atoms with Crippen LogP contribution in [0.1, 0.15) is 60.5 Å². The summed E-state index contributed by atoms with van der Waals surface area (Å²) in [4.78, 5) is 54.0. The average Bonchev–Trinajstić information content (AvgIpc) is 2.96. The second kappa shape index (κ2) is 14.5. The maximum atomic E-state index is 13.2. The lowest BCUT2D eigenvalue weighted by atomic mass is 10.1. The molecule has 2 aromatic carbocycles. The van der Waals surface area contributed by atoms with Gasteiger partial charge in [0.1, 0.15) is 17.8 Å².